The molecule has 0 radical (unpaired) electrons. The summed E-state index contributed by atoms with van der Waals surface area (Å²) in [4.78, 5) is 37.8. The minimum Gasteiger partial charge on any atom is -0.481 e. The molecule has 32 heavy (non-hydrogen) atoms. The fourth-order valence-electron chi connectivity index (χ4n) is 4.41. The maximum absolute atomic E-state index is 12.7. The van der Waals surface area contributed by atoms with Crippen LogP contribution in [0, 0.1) is 11.3 Å². The third kappa shape index (κ3) is 6.44. The lowest BCUT2D eigenvalue weighted by molar-refractivity contribution is -0.192. The topological polar surface area (TPSA) is 98.2 Å². The first-order valence-corrected chi connectivity index (χ1v) is 10.6. The van der Waals surface area contributed by atoms with E-state index in [2.05, 4.69) is 11.8 Å². The van der Waals surface area contributed by atoms with Gasteiger partial charge in [0.05, 0.1) is 5.41 Å². The second kappa shape index (κ2) is 10.8. The van der Waals surface area contributed by atoms with Crippen molar-refractivity contribution in [3.05, 3.63) is 35.9 Å². The zero-order valence-electron chi connectivity index (χ0n) is 18.0. The monoisotopic (exact) mass is 458 g/mol. The van der Waals surface area contributed by atoms with Gasteiger partial charge in [0.2, 0.25) is 5.91 Å². The molecule has 0 saturated carbocycles. The van der Waals surface area contributed by atoms with E-state index in [0.717, 1.165) is 25.9 Å². The van der Waals surface area contributed by atoms with E-state index in [-0.39, 0.29) is 11.8 Å². The van der Waals surface area contributed by atoms with Crippen molar-refractivity contribution >= 4 is 17.8 Å². The Morgan fingerprint density at radius 3 is 2.28 bits per heavy atom. The molecule has 2 aliphatic heterocycles. The third-order valence-electron chi connectivity index (χ3n) is 6.20. The summed E-state index contributed by atoms with van der Waals surface area (Å²) in [5, 5.41) is 17.0. The van der Waals surface area contributed by atoms with Gasteiger partial charge in [-0.05, 0) is 31.4 Å². The predicted octanol–water partition coefficient (Wildman–Crippen LogP) is 2.90. The summed E-state index contributed by atoms with van der Waals surface area (Å²) >= 11 is 0. The third-order valence-corrected chi connectivity index (χ3v) is 6.20. The van der Waals surface area contributed by atoms with Crippen LogP contribution < -0.4 is 0 Å². The minimum absolute atomic E-state index is 0.0353. The lowest BCUT2D eigenvalue weighted by Gasteiger charge is -2.29. The summed E-state index contributed by atoms with van der Waals surface area (Å²) in [5.74, 6) is -3.26. The zero-order chi connectivity index (χ0) is 23.9. The normalized spacial score (nSPS) is 23.5. The molecular formula is C22H29F3N2O5. The van der Waals surface area contributed by atoms with E-state index in [4.69, 9.17) is 9.90 Å². The highest BCUT2D eigenvalue weighted by atomic mass is 19.4. The number of rotatable bonds is 5. The molecule has 2 N–H and O–H groups in total. The molecule has 178 valence electrons. The zero-order valence-corrected chi connectivity index (χ0v) is 18.0. The summed E-state index contributed by atoms with van der Waals surface area (Å²) in [5.41, 5.74) is 0.494. The summed E-state index contributed by atoms with van der Waals surface area (Å²) in [6, 6.07) is 10.0. The lowest BCUT2D eigenvalue weighted by atomic mass is 9.75. The Morgan fingerprint density at radius 1 is 1.12 bits per heavy atom. The van der Waals surface area contributed by atoms with Crippen molar-refractivity contribution in [3.63, 3.8) is 0 Å². The second-order valence-corrected chi connectivity index (χ2v) is 8.22. The number of alkyl halides is 3. The van der Waals surface area contributed by atoms with Crippen molar-refractivity contribution in [2.24, 2.45) is 11.3 Å². The predicted molar refractivity (Wildman–Crippen MR) is 110 cm³/mol. The van der Waals surface area contributed by atoms with Crippen LogP contribution in [0.15, 0.2) is 30.3 Å². The van der Waals surface area contributed by atoms with Crippen LogP contribution in [-0.4, -0.2) is 76.8 Å². The Bertz CT molecular complexity index is 803. The molecule has 7 nitrogen and oxygen atoms in total. The number of carboxylic acids is 2. The molecule has 1 aromatic carbocycles. The molecule has 2 heterocycles. The van der Waals surface area contributed by atoms with Crippen LogP contribution in [0.1, 0.15) is 31.7 Å². The van der Waals surface area contributed by atoms with Gasteiger partial charge in [-0.25, -0.2) is 4.79 Å². The van der Waals surface area contributed by atoms with Crippen molar-refractivity contribution in [2.45, 2.75) is 38.8 Å². The lowest BCUT2D eigenvalue weighted by Crippen LogP contribution is -2.42. The SMILES string of the molecule is CCN1C[C@@H]2CN(C(=O)CCc3ccccc3)CCC[C@]2(C(=O)O)C1.O=C(O)C(F)(F)F. The highest BCUT2D eigenvalue weighted by Gasteiger charge is 2.53. The Labute approximate surface area is 184 Å². The van der Waals surface area contributed by atoms with Crippen LogP contribution in [0.5, 0.6) is 0 Å². The van der Waals surface area contributed by atoms with Crippen molar-refractivity contribution in [3.8, 4) is 0 Å². The number of likely N-dealkylation sites (tertiary alicyclic amines) is 2. The quantitative estimate of drug-likeness (QED) is 0.704. The molecule has 0 aromatic heterocycles. The van der Waals surface area contributed by atoms with Gasteiger partial charge in [0.1, 0.15) is 0 Å². The molecule has 2 saturated heterocycles. The highest BCUT2D eigenvalue weighted by Crippen LogP contribution is 2.42. The van der Waals surface area contributed by atoms with Crippen molar-refractivity contribution in [1.29, 1.82) is 0 Å². The molecule has 1 amide bonds. The van der Waals surface area contributed by atoms with Gasteiger partial charge in [-0.3, -0.25) is 9.59 Å². The van der Waals surface area contributed by atoms with Gasteiger partial charge in [0.15, 0.2) is 0 Å². The van der Waals surface area contributed by atoms with Crippen LogP contribution in [-0.2, 0) is 20.8 Å². The molecule has 0 spiro atoms. The average molecular weight is 458 g/mol. The number of amides is 1. The molecule has 10 heteroatoms. The average Bonchev–Trinajstić information content (AvgIpc) is 3.00. The van der Waals surface area contributed by atoms with E-state index in [1.165, 1.54) is 5.56 Å². The van der Waals surface area contributed by atoms with Crippen molar-refractivity contribution < 1.29 is 37.8 Å². The smallest absolute Gasteiger partial charge is 0.481 e. The molecular weight excluding hydrogens is 429 g/mol. The van der Waals surface area contributed by atoms with E-state index in [1.807, 2.05) is 35.2 Å². The number of aryl methyl sites for hydroxylation is 1. The molecule has 0 aliphatic carbocycles. The number of nitrogens with zero attached hydrogens (tertiary/aromatic N) is 2. The number of hydrogen-bond donors (Lipinski definition) is 2. The first-order chi connectivity index (χ1) is 15.0. The second-order valence-electron chi connectivity index (χ2n) is 8.22. The Morgan fingerprint density at radius 2 is 1.75 bits per heavy atom. The van der Waals surface area contributed by atoms with E-state index in [0.29, 0.717) is 32.5 Å². The van der Waals surface area contributed by atoms with Crippen LogP contribution in [0.3, 0.4) is 0 Å². The van der Waals surface area contributed by atoms with Gasteiger partial charge in [-0.15, -0.1) is 0 Å². The number of carboxylic acid groups (broad SMARTS) is 2. The van der Waals surface area contributed by atoms with Crippen molar-refractivity contribution in [1.82, 2.24) is 9.80 Å². The molecule has 2 aliphatic rings. The van der Waals surface area contributed by atoms with Gasteiger partial charge >= 0.3 is 18.1 Å². The summed E-state index contributed by atoms with van der Waals surface area (Å²) < 4.78 is 31.7. The molecule has 0 unspecified atom stereocenters. The minimum atomic E-state index is -5.08. The summed E-state index contributed by atoms with van der Waals surface area (Å²) in [6.45, 7) is 5.61. The van der Waals surface area contributed by atoms with Crippen LogP contribution in [0.2, 0.25) is 0 Å². The van der Waals surface area contributed by atoms with E-state index in [1.54, 1.807) is 0 Å². The highest BCUT2D eigenvalue weighted by molar-refractivity contribution is 5.78. The number of benzene rings is 1. The summed E-state index contributed by atoms with van der Waals surface area (Å²) in [7, 11) is 0. The number of fused-ring (bicyclic) bond motifs is 1. The molecule has 1 aromatic rings. The number of carbonyl (C=O) groups is 3. The van der Waals surface area contributed by atoms with Crippen LogP contribution >= 0.6 is 0 Å². The molecule has 2 fully saturated rings. The van der Waals surface area contributed by atoms with Gasteiger partial charge < -0.3 is 20.0 Å². The number of halogens is 3. The maximum atomic E-state index is 12.7. The Balaban J connectivity index is 0.000000451. The first kappa shape index (κ1) is 25.6. The van der Waals surface area contributed by atoms with Crippen LogP contribution in [0.4, 0.5) is 13.2 Å². The van der Waals surface area contributed by atoms with Gasteiger partial charge in [0, 0.05) is 38.5 Å². The molecule has 0 bridgehead atoms. The molecule has 3 rings (SSSR count). The molecule has 2 atom stereocenters. The maximum Gasteiger partial charge on any atom is 0.490 e. The van der Waals surface area contributed by atoms with E-state index in [9.17, 15) is 27.9 Å². The number of carbonyl (C=O) groups excluding carboxylic acids is 1. The number of aliphatic carboxylic acids is 2. The first-order valence-electron chi connectivity index (χ1n) is 10.6. The summed E-state index contributed by atoms with van der Waals surface area (Å²) in [6.07, 6.45) is -2.40. The Kier molecular flexibility index (Phi) is 8.65. The van der Waals surface area contributed by atoms with E-state index < -0.39 is 23.5 Å². The van der Waals surface area contributed by atoms with Gasteiger partial charge in [-0.1, -0.05) is 37.3 Å². The number of hydrogen-bond acceptors (Lipinski definition) is 4. The fourth-order valence-corrected chi connectivity index (χ4v) is 4.41. The van der Waals surface area contributed by atoms with E-state index >= 15 is 0 Å². The van der Waals surface area contributed by atoms with Crippen molar-refractivity contribution in [2.75, 3.05) is 32.7 Å². The fraction of sp³-hybridized carbons (Fsp3) is 0.591. The van der Waals surface area contributed by atoms with Gasteiger partial charge in [-0.2, -0.15) is 13.2 Å². The van der Waals surface area contributed by atoms with Crippen LogP contribution in [0.25, 0.3) is 0 Å². The standard InChI is InChI=1S/C20H28N2O3.C2HF3O2/c1-2-21-13-17-14-22(12-6-11-20(17,15-21)19(24)25)18(23)10-9-16-7-4-3-5-8-16;3-2(4,5)1(6)7/h3-5,7-8,17H,2,6,9-15H2,1H3,(H,24,25);(H,6,7)/t17-,20+;/m1./s1. The largest absolute Gasteiger partial charge is 0.490 e. The Hall–Kier alpha value is -2.62. The van der Waals surface area contributed by atoms with Gasteiger partial charge in [0.25, 0.3) is 0 Å².